The smallest absolute Gasteiger partial charge is 0.319 e. The summed E-state index contributed by atoms with van der Waals surface area (Å²) >= 11 is 0. The van der Waals surface area contributed by atoms with E-state index in [0.29, 0.717) is 12.2 Å². The number of aryl methyl sites for hydroxylation is 2. The van der Waals surface area contributed by atoms with Crippen LogP contribution in [0.2, 0.25) is 0 Å². The molecule has 2 amide bonds. The highest BCUT2D eigenvalue weighted by molar-refractivity contribution is 7.89. The number of anilines is 1. The van der Waals surface area contributed by atoms with Crippen molar-refractivity contribution in [2.75, 3.05) is 26.0 Å². The van der Waals surface area contributed by atoms with Crippen LogP contribution in [0.15, 0.2) is 39.6 Å². The van der Waals surface area contributed by atoms with E-state index in [0.717, 1.165) is 17.1 Å². The number of nitrogens with one attached hydrogen (secondary N) is 2. The van der Waals surface area contributed by atoms with Gasteiger partial charge in [-0.25, -0.2) is 18.4 Å². The number of nitrogens with zero attached hydrogens (tertiary/aromatic N) is 1. The van der Waals surface area contributed by atoms with E-state index in [2.05, 4.69) is 10.6 Å². The average Bonchev–Trinajstić information content (AvgIpc) is 2.94. The largest absolute Gasteiger partial charge is 0.465 e. The van der Waals surface area contributed by atoms with Crippen molar-refractivity contribution in [1.82, 2.24) is 10.2 Å². The van der Waals surface area contributed by atoms with E-state index in [1.165, 1.54) is 12.1 Å². The number of nitrogens with two attached hydrogens (primary N) is 1. The maximum absolute atomic E-state index is 12.2. The summed E-state index contributed by atoms with van der Waals surface area (Å²) in [6, 6.07) is 7.48. The molecule has 9 heteroatoms. The van der Waals surface area contributed by atoms with Gasteiger partial charge in [0.2, 0.25) is 10.0 Å². The Hall–Kier alpha value is -2.36. The third-order valence-electron chi connectivity index (χ3n) is 3.95. The number of furan rings is 1. The van der Waals surface area contributed by atoms with Gasteiger partial charge in [-0.2, -0.15) is 0 Å². The molecule has 2 aromatic rings. The fraction of sp³-hybridized carbons (Fsp3) is 0.353. The van der Waals surface area contributed by atoms with Gasteiger partial charge < -0.3 is 15.1 Å². The van der Waals surface area contributed by atoms with Gasteiger partial charge in [0, 0.05) is 12.2 Å². The molecule has 0 saturated carbocycles. The lowest BCUT2D eigenvalue weighted by Gasteiger charge is -2.23. The first kappa shape index (κ1) is 20.0. The molecular weight excluding hydrogens is 356 g/mol. The highest BCUT2D eigenvalue weighted by Crippen LogP contribution is 2.21. The summed E-state index contributed by atoms with van der Waals surface area (Å²) < 4.78 is 28.6. The maximum atomic E-state index is 12.2. The van der Waals surface area contributed by atoms with Crippen LogP contribution < -0.4 is 15.8 Å². The second-order valence-corrected chi connectivity index (χ2v) is 7.85. The van der Waals surface area contributed by atoms with Crippen LogP contribution in [-0.4, -0.2) is 40.0 Å². The molecule has 1 aromatic carbocycles. The SMILES string of the molecule is Cc1ccc([C@H](CNC(=O)Nc2cc(S(N)(=O)=O)ccc2C)N(C)C)o1. The predicted octanol–water partition coefficient (Wildman–Crippen LogP) is 1.97. The molecule has 0 fully saturated rings. The van der Waals surface area contributed by atoms with Crippen LogP contribution in [-0.2, 0) is 10.0 Å². The molecule has 142 valence electrons. The average molecular weight is 380 g/mol. The minimum Gasteiger partial charge on any atom is -0.465 e. The van der Waals surface area contributed by atoms with Crippen molar-refractivity contribution in [2.24, 2.45) is 5.14 Å². The molecule has 1 atom stereocenters. The van der Waals surface area contributed by atoms with Crippen molar-refractivity contribution in [3.8, 4) is 0 Å². The molecule has 0 aliphatic rings. The molecule has 4 N–H and O–H groups in total. The number of rotatable bonds is 6. The minimum absolute atomic E-state index is 0.0596. The minimum atomic E-state index is -3.84. The number of hydrogen-bond donors (Lipinski definition) is 3. The van der Waals surface area contributed by atoms with Crippen LogP contribution in [0.4, 0.5) is 10.5 Å². The van der Waals surface area contributed by atoms with Gasteiger partial charge in [-0.15, -0.1) is 0 Å². The summed E-state index contributed by atoms with van der Waals surface area (Å²) in [7, 11) is -0.0579. The van der Waals surface area contributed by atoms with Gasteiger partial charge in [0.25, 0.3) is 0 Å². The third-order valence-corrected chi connectivity index (χ3v) is 4.87. The van der Waals surface area contributed by atoms with Crippen molar-refractivity contribution in [2.45, 2.75) is 24.8 Å². The first-order valence-corrected chi connectivity index (χ1v) is 9.53. The Morgan fingerprint density at radius 2 is 1.92 bits per heavy atom. The molecule has 0 radical (unpaired) electrons. The van der Waals surface area contributed by atoms with Gasteiger partial charge in [-0.1, -0.05) is 6.07 Å². The van der Waals surface area contributed by atoms with Crippen molar-refractivity contribution in [3.05, 3.63) is 47.4 Å². The highest BCUT2D eigenvalue weighted by atomic mass is 32.2. The van der Waals surface area contributed by atoms with Crippen molar-refractivity contribution < 1.29 is 17.6 Å². The lowest BCUT2D eigenvalue weighted by atomic mass is 10.2. The Morgan fingerprint density at radius 3 is 2.46 bits per heavy atom. The number of sulfonamides is 1. The Kier molecular flexibility index (Phi) is 6.06. The van der Waals surface area contributed by atoms with E-state index in [9.17, 15) is 13.2 Å². The zero-order chi connectivity index (χ0) is 19.5. The van der Waals surface area contributed by atoms with Crippen molar-refractivity contribution in [1.29, 1.82) is 0 Å². The summed E-state index contributed by atoms with van der Waals surface area (Å²) in [4.78, 5) is 14.1. The fourth-order valence-corrected chi connectivity index (χ4v) is 2.98. The van der Waals surface area contributed by atoms with E-state index in [1.807, 2.05) is 38.1 Å². The first-order valence-electron chi connectivity index (χ1n) is 7.99. The van der Waals surface area contributed by atoms with E-state index in [-0.39, 0.29) is 10.9 Å². The van der Waals surface area contributed by atoms with Gasteiger partial charge in [0.05, 0.1) is 10.9 Å². The second-order valence-electron chi connectivity index (χ2n) is 6.28. The fourth-order valence-electron chi connectivity index (χ4n) is 2.44. The molecule has 0 spiro atoms. The molecular formula is C17H24N4O4S. The Labute approximate surface area is 153 Å². The molecule has 0 unspecified atom stereocenters. The molecule has 0 bridgehead atoms. The van der Waals surface area contributed by atoms with Crippen LogP contribution in [0.1, 0.15) is 23.1 Å². The molecule has 26 heavy (non-hydrogen) atoms. The number of benzene rings is 1. The molecule has 0 aliphatic carbocycles. The standard InChI is InChI=1S/C17H24N4O4S/c1-11-5-7-13(26(18,23)24)9-14(11)20-17(22)19-10-15(21(3)4)16-8-6-12(2)25-16/h5-9,15H,10H2,1-4H3,(H2,18,23,24)(H2,19,20,22)/t15-/m0/s1. The first-order chi connectivity index (χ1) is 12.1. The Balaban J connectivity index is 2.06. The van der Waals surface area contributed by atoms with Gasteiger partial charge in [0.15, 0.2) is 0 Å². The number of carbonyl (C=O) groups is 1. The normalized spacial score (nSPS) is 12.8. The number of likely N-dealkylation sites (N-methyl/N-ethyl adjacent to an activating group) is 1. The number of carbonyl (C=O) groups excluding carboxylic acids is 1. The monoisotopic (exact) mass is 380 g/mol. The summed E-state index contributed by atoms with van der Waals surface area (Å²) in [6.07, 6.45) is 0. The Morgan fingerprint density at radius 1 is 1.23 bits per heavy atom. The molecule has 2 rings (SSSR count). The van der Waals surface area contributed by atoms with E-state index in [4.69, 9.17) is 9.56 Å². The van der Waals surface area contributed by atoms with Gasteiger partial charge in [-0.05, 0) is 57.8 Å². The zero-order valence-corrected chi connectivity index (χ0v) is 16.1. The lowest BCUT2D eigenvalue weighted by molar-refractivity contribution is 0.232. The number of amides is 2. The van der Waals surface area contributed by atoms with Crippen molar-refractivity contribution in [3.63, 3.8) is 0 Å². The zero-order valence-electron chi connectivity index (χ0n) is 15.2. The van der Waals surface area contributed by atoms with E-state index in [1.54, 1.807) is 13.0 Å². The van der Waals surface area contributed by atoms with Gasteiger partial charge >= 0.3 is 6.03 Å². The molecule has 1 aromatic heterocycles. The molecule has 1 heterocycles. The Bertz CT molecular complexity index is 890. The number of urea groups is 1. The summed E-state index contributed by atoms with van der Waals surface area (Å²) in [5.74, 6) is 1.55. The summed E-state index contributed by atoms with van der Waals surface area (Å²) in [6.45, 7) is 3.94. The van der Waals surface area contributed by atoms with Crippen LogP contribution >= 0.6 is 0 Å². The van der Waals surface area contributed by atoms with Crippen LogP contribution in [0, 0.1) is 13.8 Å². The summed E-state index contributed by atoms with van der Waals surface area (Å²) in [5.41, 5.74) is 1.10. The second kappa shape index (κ2) is 7.90. The van der Waals surface area contributed by atoms with E-state index >= 15 is 0 Å². The lowest BCUT2D eigenvalue weighted by Crippen LogP contribution is -2.36. The van der Waals surface area contributed by atoms with Crippen LogP contribution in [0.5, 0.6) is 0 Å². The quantitative estimate of drug-likeness (QED) is 0.708. The topological polar surface area (TPSA) is 118 Å². The number of hydrogen-bond acceptors (Lipinski definition) is 5. The summed E-state index contributed by atoms with van der Waals surface area (Å²) in [5, 5.41) is 10.6. The number of primary sulfonamides is 1. The van der Waals surface area contributed by atoms with Crippen LogP contribution in [0.3, 0.4) is 0 Å². The maximum Gasteiger partial charge on any atom is 0.319 e. The van der Waals surface area contributed by atoms with Gasteiger partial charge in [-0.3, -0.25) is 4.90 Å². The molecule has 8 nitrogen and oxygen atoms in total. The van der Waals surface area contributed by atoms with Gasteiger partial charge in [0.1, 0.15) is 11.5 Å². The molecule has 0 aliphatic heterocycles. The van der Waals surface area contributed by atoms with Crippen molar-refractivity contribution >= 4 is 21.7 Å². The van der Waals surface area contributed by atoms with E-state index < -0.39 is 16.1 Å². The van der Waals surface area contributed by atoms with Crippen LogP contribution in [0.25, 0.3) is 0 Å². The predicted molar refractivity (Wildman–Crippen MR) is 99.4 cm³/mol. The molecule has 0 saturated heterocycles. The third kappa shape index (κ3) is 5.07. The highest BCUT2D eigenvalue weighted by Gasteiger charge is 2.19.